The molecule has 1 heterocycles. The molecule has 9 nitrogen and oxygen atoms in total. The molecule has 2 aromatic rings. The molecule has 9 heteroatoms. The van der Waals surface area contributed by atoms with Crippen molar-refractivity contribution in [2.75, 3.05) is 6.54 Å². The highest BCUT2D eigenvalue weighted by Crippen LogP contribution is 2.26. The maximum atomic E-state index is 11.8. The van der Waals surface area contributed by atoms with Gasteiger partial charge in [-0.3, -0.25) is 19.7 Å². The highest BCUT2D eigenvalue weighted by atomic mass is 16.6. The average Bonchev–Trinajstić information content (AvgIpc) is 3.03. The second-order valence-corrected chi connectivity index (χ2v) is 4.50. The quantitative estimate of drug-likeness (QED) is 0.535. The Labute approximate surface area is 130 Å². The molecule has 0 radical (unpaired) electrons. The molecular weight excluding hydrogens is 306 g/mol. The van der Waals surface area contributed by atoms with Gasteiger partial charge in [-0.25, -0.2) is 0 Å². The highest BCUT2D eigenvalue weighted by molar-refractivity contribution is 5.97. The summed E-state index contributed by atoms with van der Waals surface area (Å²) in [7, 11) is 0. The topological polar surface area (TPSA) is 135 Å². The molecule has 1 aromatic heterocycles. The van der Waals surface area contributed by atoms with Gasteiger partial charge in [0.1, 0.15) is 5.76 Å². The van der Waals surface area contributed by atoms with Crippen LogP contribution in [0.5, 0.6) is 5.75 Å². The Morgan fingerprint density at radius 1 is 1.26 bits per heavy atom. The zero-order valence-electron chi connectivity index (χ0n) is 11.8. The van der Waals surface area contributed by atoms with E-state index in [0.29, 0.717) is 5.76 Å². The van der Waals surface area contributed by atoms with Gasteiger partial charge in [0.15, 0.2) is 5.75 Å². The Morgan fingerprint density at radius 3 is 2.65 bits per heavy atom. The lowest BCUT2D eigenvalue weighted by Gasteiger charge is -2.06. The number of nitrogens with one attached hydrogen (secondary N) is 2. The van der Waals surface area contributed by atoms with Crippen molar-refractivity contribution in [3.05, 3.63) is 58.0 Å². The van der Waals surface area contributed by atoms with Crippen LogP contribution in [0.4, 0.5) is 5.69 Å². The molecule has 2 rings (SSSR count). The van der Waals surface area contributed by atoms with E-state index in [2.05, 4.69) is 10.6 Å². The maximum absolute atomic E-state index is 11.8. The van der Waals surface area contributed by atoms with Gasteiger partial charge in [0.2, 0.25) is 5.91 Å². The lowest BCUT2D eigenvalue weighted by atomic mass is 10.2. The number of aromatic hydroxyl groups is 1. The number of carbonyl (C=O) groups excluding carboxylic acids is 2. The summed E-state index contributed by atoms with van der Waals surface area (Å²) in [6.45, 7) is -0.0860. The van der Waals surface area contributed by atoms with Crippen LogP contribution in [0.1, 0.15) is 16.1 Å². The fraction of sp³-hybridized carbons (Fsp3) is 0.143. The lowest BCUT2D eigenvalue weighted by molar-refractivity contribution is -0.385. The molecule has 0 aliphatic heterocycles. The molecule has 120 valence electrons. The van der Waals surface area contributed by atoms with E-state index < -0.39 is 28.2 Å². The molecule has 1 aromatic carbocycles. The molecule has 0 bridgehead atoms. The molecule has 0 fully saturated rings. The Kier molecular flexibility index (Phi) is 4.92. The highest BCUT2D eigenvalue weighted by Gasteiger charge is 2.16. The molecule has 0 spiro atoms. The first-order chi connectivity index (χ1) is 11.0. The van der Waals surface area contributed by atoms with Gasteiger partial charge in [-0.05, 0) is 24.3 Å². The van der Waals surface area contributed by atoms with Crippen LogP contribution in [-0.2, 0) is 11.3 Å². The van der Waals surface area contributed by atoms with Crippen molar-refractivity contribution in [2.45, 2.75) is 6.54 Å². The number of rotatable bonds is 6. The molecule has 0 saturated heterocycles. The molecule has 0 atom stereocenters. The number of nitrogens with zero attached hydrogens (tertiary/aromatic N) is 1. The number of hydrogen-bond donors (Lipinski definition) is 3. The van der Waals surface area contributed by atoms with E-state index in [1.165, 1.54) is 12.3 Å². The van der Waals surface area contributed by atoms with Gasteiger partial charge >= 0.3 is 5.69 Å². The summed E-state index contributed by atoms with van der Waals surface area (Å²) >= 11 is 0. The third kappa shape index (κ3) is 4.30. The van der Waals surface area contributed by atoms with E-state index in [9.17, 15) is 24.8 Å². The van der Waals surface area contributed by atoms with Crippen LogP contribution in [0, 0.1) is 10.1 Å². The number of benzene rings is 1. The largest absolute Gasteiger partial charge is 0.502 e. The van der Waals surface area contributed by atoms with E-state index in [1.54, 1.807) is 12.1 Å². The fourth-order valence-electron chi connectivity index (χ4n) is 1.74. The first-order valence-corrected chi connectivity index (χ1v) is 6.52. The van der Waals surface area contributed by atoms with Crippen LogP contribution in [-0.4, -0.2) is 28.4 Å². The van der Waals surface area contributed by atoms with E-state index in [-0.39, 0.29) is 18.7 Å². The second kappa shape index (κ2) is 7.07. The summed E-state index contributed by atoms with van der Waals surface area (Å²) in [4.78, 5) is 33.2. The zero-order valence-corrected chi connectivity index (χ0v) is 11.8. The SMILES string of the molecule is O=C(CNC(=O)c1ccc([N+](=O)[O-])c(O)c1)NCc1ccco1. The van der Waals surface area contributed by atoms with Gasteiger partial charge in [-0.2, -0.15) is 0 Å². The van der Waals surface area contributed by atoms with Crippen molar-refractivity contribution < 1.29 is 24.0 Å². The predicted octanol–water partition coefficient (Wildman–Crippen LogP) is 0.940. The van der Waals surface area contributed by atoms with Crippen molar-refractivity contribution in [3.8, 4) is 5.75 Å². The number of phenolic OH excluding ortho intramolecular Hbond substituents is 1. The Balaban J connectivity index is 1.85. The zero-order chi connectivity index (χ0) is 16.8. The molecule has 0 saturated carbocycles. The summed E-state index contributed by atoms with van der Waals surface area (Å²) < 4.78 is 5.04. The third-order valence-corrected chi connectivity index (χ3v) is 2.88. The van der Waals surface area contributed by atoms with E-state index >= 15 is 0 Å². The van der Waals surface area contributed by atoms with Crippen LogP contribution in [0.25, 0.3) is 0 Å². The Bertz CT molecular complexity index is 726. The van der Waals surface area contributed by atoms with Gasteiger partial charge < -0.3 is 20.2 Å². The predicted molar refractivity (Wildman–Crippen MR) is 77.6 cm³/mol. The second-order valence-electron chi connectivity index (χ2n) is 4.50. The standard InChI is InChI=1S/C14H13N3O6/c18-12-6-9(3-4-11(12)17(21)22)14(20)16-8-13(19)15-7-10-2-1-5-23-10/h1-6,18H,7-8H2,(H,15,19)(H,16,20). The molecule has 2 amide bonds. The number of carbonyl (C=O) groups is 2. The number of amides is 2. The summed E-state index contributed by atoms with van der Waals surface area (Å²) in [5, 5.41) is 24.9. The van der Waals surface area contributed by atoms with Crippen molar-refractivity contribution in [1.29, 1.82) is 0 Å². The van der Waals surface area contributed by atoms with Crippen molar-refractivity contribution >= 4 is 17.5 Å². The van der Waals surface area contributed by atoms with Crippen LogP contribution >= 0.6 is 0 Å². The summed E-state index contributed by atoms with van der Waals surface area (Å²) in [6, 6.07) is 6.55. The van der Waals surface area contributed by atoms with Crippen LogP contribution < -0.4 is 10.6 Å². The lowest BCUT2D eigenvalue weighted by Crippen LogP contribution is -2.36. The number of nitro benzene ring substituents is 1. The van der Waals surface area contributed by atoms with Gasteiger partial charge in [0.05, 0.1) is 24.3 Å². The van der Waals surface area contributed by atoms with Crippen molar-refractivity contribution in [1.82, 2.24) is 10.6 Å². The molecule has 0 unspecified atom stereocenters. The van der Waals surface area contributed by atoms with Crippen molar-refractivity contribution in [3.63, 3.8) is 0 Å². The smallest absolute Gasteiger partial charge is 0.310 e. The average molecular weight is 319 g/mol. The van der Waals surface area contributed by atoms with E-state index in [1.807, 2.05) is 0 Å². The van der Waals surface area contributed by atoms with Gasteiger partial charge in [-0.1, -0.05) is 0 Å². The first kappa shape index (κ1) is 16.0. The minimum atomic E-state index is -0.765. The normalized spacial score (nSPS) is 10.1. The Morgan fingerprint density at radius 2 is 2.04 bits per heavy atom. The van der Waals surface area contributed by atoms with Gasteiger partial charge in [0.25, 0.3) is 5.91 Å². The summed E-state index contributed by atoms with van der Waals surface area (Å²) in [5.41, 5.74) is -0.496. The van der Waals surface area contributed by atoms with Gasteiger partial charge in [-0.15, -0.1) is 0 Å². The van der Waals surface area contributed by atoms with Crippen LogP contribution in [0.3, 0.4) is 0 Å². The number of phenols is 1. The van der Waals surface area contributed by atoms with Crippen molar-refractivity contribution in [2.24, 2.45) is 0 Å². The third-order valence-electron chi connectivity index (χ3n) is 2.88. The van der Waals surface area contributed by atoms with E-state index in [4.69, 9.17) is 4.42 Å². The molecule has 3 N–H and O–H groups in total. The number of hydrogen-bond acceptors (Lipinski definition) is 6. The summed E-state index contributed by atoms with van der Waals surface area (Å²) in [5.74, 6) is -1.11. The molecular formula is C14H13N3O6. The summed E-state index contributed by atoms with van der Waals surface area (Å²) in [6.07, 6.45) is 1.48. The monoisotopic (exact) mass is 319 g/mol. The molecule has 0 aliphatic carbocycles. The molecule has 23 heavy (non-hydrogen) atoms. The number of nitro groups is 1. The Hall–Kier alpha value is -3.36. The van der Waals surface area contributed by atoms with Crippen LogP contribution in [0.2, 0.25) is 0 Å². The van der Waals surface area contributed by atoms with Gasteiger partial charge in [0, 0.05) is 11.6 Å². The first-order valence-electron chi connectivity index (χ1n) is 6.52. The molecule has 0 aliphatic rings. The maximum Gasteiger partial charge on any atom is 0.310 e. The minimum absolute atomic E-state index is 0.00642. The van der Waals surface area contributed by atoms with E-state index in [0.717, 1.165) is 12.1 Å². The fourth-order valence-corrected chi connectivity index (χ4v) is 1.74. The van der Waals surface area contributed by atoms with Crippen LogP contribution in [0.15, 0.2) is 41.0 Å². The minimum Gasteiger partial charge on any atom is -0.502 e. The number of furan rings is 1.